The summed E-state index contributed by atoms with van der Waals surface area (Å²) in [5, 5.41) is 32.1. The lowest BCUT2D eigenvalue weighted by Crippen LogP contribution is -2.71. The predicted octanol–water partition coefficient (Wildman–Crippen LogP) is 2.20. The van der Waals surface area contributed by atoms with E-state index in [9.17, 15) is 24.9 Å². The largest absolute Gasteiger partial charge is 0.390 e. The number of aliphatic hydroxyl groups is 3. The van der Waals surface area contributed by atoms with Gasteiger partial charge in [-0.05, 0) is 55.8 Å². The Morgan fingerprint density at radius 1 is 1.21 bits per heavy atom. The van der Waals surface area contributed by atoms with Crippen LogP contribution in [-0.2, 0) is 9.59 Å². The Balaban J connectivity index is 1.79. The predicted molar refractivity (Wildman–Crippen MR) is 100 cm³/mol. The van der Waals surface area contributed by atoms with Crippen LogP contribution in [0.25, 0.3) is 0 Å². The first kappa shape index (κ1) is 20.4. The van der Waals surface area contributed by atoms with Gasteiger partial charge in [-0.25, -0.2) is 4.39 Å². The first-order valence-corrected chi connectivity index (χ1v) is 10.7. The maximum atomic E-state index is 17.0. The molecule has 0 unspecified atom stereocenters. The third-order valence-electron chi connectivity index (χ3n) is 9.71. The summed E-state index contributed by atoms with van der Waals surface area (Å²) in [6.45, 7) is 4.71. The van der Waals surface area contributed by atoms with Crippen molar-refractivity contribution in [2.45, 2.75) is 83.1 Å². The van der Waals surface area contributed by atoms with Crippen LogP contribution in [0.2, 0.25) is 0 Å². The van der Waals surface area contributed by atoms with Gasteiger partial charge in [0.15, 0.2) is 5.78 Å². The van der Waals surface area contributed by atoms with Gasteiger partial charge in [0.2, 0.25) is 0 Å². The van der Waals surface area contributed by atoms with E-state index >= 15 is 4.39 Å². The van der Waals surface area contributed by atoms with Crippen LogP contribution in [0.1, 0.15) is 65.7 Å². The second kappa shape index (κ2) is 6.08. The quantitative estimate of drug-likeness (QED) is 0.665. The van der Waals surface area contributed by atoms with Crippen LogP contribution < -0.4 is 0 Å². The summed E-state index contributed by atoms with van der Waals surface area (Å²) in [6.07, 6.45) is 1.66. The van der Waals surface area contributed by atoms with Gasteiger partial charge in [0.05, 0.1) is 6.10 Å². The zero-order valence-corrected chi connectivity index (χ0v) is 17.1. The molecular weight excluding hydrogens is 363 g/mol. The van der Waals surface area contributed by atoms with E-state index < -0.39 is 52.4 Å². The molecule has 0 amide bonds. The molecule has 0 aromatic carbocycles. The minimum atomic E-state index is -1.83. The molecule has 0 saturated heterocycles. The standard InChI is InChI=1S/C22H33FO5/c1-12-8-16-15-5-4-13-9-14(25)6-7-19(13,2)21(15,23)17(26)10-20(16,3)22(12,28)18(27)11-24/h12-13,15-17,24,26,28H,4-11H2,1-3H3/t12-,13-,15+,16+,17-,19-,20+,21+,22+/m0/s1. The monoisotopic (exact) mass is 396 g/mol. The van der Waals surface area contributed by atoms with Gasteiger partial charge in [0, 0.05) is 23.7 Å². The van der Waals surface area contributed by atoms with Crippen LogP contribution in [-0.4, -0.2) is 50.9 Å². The molecule has 4 fully saturated rings. The number of hydrogen-bond acceptors (Lipinski definition) is 5. The molecule has 6 heteroatoms. The van der Waals surface area contributed by atoms with Crippen molar-refractivity contribution in [3.8, 4) is 0 Å². The lowest BCUT2D eigenvalue weighted by atomic mass is 9.42. The zero-order chi connectivity index (χ0) is 20.7. The Kier molecular flexibility index (Phi) is 4.44. The molecule has 28 heavy (non-hydrogen) atoms. The molecule has 4 aliphatic rings. The summed E-state index contributed by atoms with van der Waals surface area (Å²) in [4.78, 5) is 24.6. The molecule has 5 nitrogen and oxygen atoms in total. The van der Waals surface area contributed by atoms with Crippen molar-refractivity contribution in [2.24, 2.45) is 34.5 Å². The average Bonchev–Trinajstić information content (AvgIpc) is 2.84. The number of carbonyl (C=O) groups excluding carboxylic acids is 2. The number of rotatable bonds is 2. The highest BCUT2D eigenvalue weighted by Crippen LogP contribution is 2.71. The number of alkyl halides is 1. The van der Waals surface area contributed by atoms with E-state index in [0.717, 1.165) is 6.42 Å². The van der Waals surface area contributed by atoms with E-state index in [-0.39, 0.29) is 24.0 Å². The molecule has 0 aromatic rings. The normalized spacial score (nSPS) is 56.0. The summed E-state index contributed by atoms with van der Waals surface area (Å²) >= 11 is 0. The van der Waals surface area contributed by atoms with Crippen LogP contribution in [0.3, 0.4) is 0 Å². The summed E-state index contributed by atoms with van der Waals surface area (Å²) in [7, 11) is 0. The molecule has 3 N–H and O–H groups in total. The van der Waals surface area contributed by atoms with E-state index in [0.29, 0.717) is 32.1 Å². The number of fused-ring (bicyclic) bond motifs is 5. The van der Waals surface area contributed by atoms with E-state index in [1.54, 1.807) is 13.8 Å². The van der Waals surface area contributed by atoms with Crippen molar-refractivity contribution in [3.63, 3.8) is 0 Å². The van der Waals surface area contributed by atoms with Gasteiger partial charge < -0.3 is 15.3 Å². The highest BCUT2D eigenvalue weighted by atomic mass is 19.1. The van der Waals surface area contributed by atoms with E-state index in [1.807, 2.05) is 6.92 Å². The molecule has 4 rings (SSSR count). The topological polar surface area (TPSA) is 94.8 Å². The van der Waals surface area contributed by atoms with Crippen LogP contribution in [0, 0.1) is 34.5 Å². The number of aliphatic hydroxyl groups excluding tert-OH is 2. The Morgan fingerprint density at radius 2 is 1.89 bits per heavy atom. The summed E-state index contributed by atoms with van der Waals surface area (Å²) < 4.78 is 17.0. The van der Waals surface area contributed by atoms with Crippen LogP contribution >= 0.6 is 0 Å². The molecule has 0 spiro atoms. The van der Waals surface area contributed by atoms with Gasteiger partial charge in [-0.1, -0.05) is 20.8 Å². The molecule has 9 atom stereocenters. The lowest BCUT2D eigenvalue weighted by molar-refractivity contribution is -0.254. The van der Waals surface area contributed by atoms with E-state index in [4.69, 9.17) is 0 Å². The van der Waals surface area contributed by atoms with Gasteiger partial charge in [-0.3, -0.25) is 9.59 Å². The molecule has 0 heterocycles. The second-order valence-corrected chi connectivity index (χ2v) is 10.5. The zero-order valence-electron chi connectivity index (χ0n) is 17.1. The number of ketones is 2. The Bertz CT molecular complexity index is 711. The third kappa shape index (κ3) is 2.12. The van der Waals surface area contributed by atoms with Crippen molar-refractivity contribution >= 4 is 11.6 Å². The third-order valence-corrected chi connectivity index (χ3v) is 9.71. The SMILES string of the molecule is C[C@H]1C[C@@H]2[C@H]3CC[C@H]4CC(=O)CC[C@]4(C)[C@]3(F)[C@@H](O)C[C@@]2(C)[C@]1(O)C(=O)CO. The van der Waals surface area contributed by atoms with Crippen molar-refractivity contribution in [2.75, 3.05) is 6.61 Å². The van der Waals surface area contributed by atoms with Crippen LogP contribution in [0.15, 0.2) is 0 Å². The van der Waals surface area contributed by atoms with Gasteiger partial charge in [-0.15, -0.1) is 0 Å². The maximum Gasteiger partial charge on any atom is 0.190 e. The molecule has 0 bridgehead atoms. The fourth-order valence-corrected chi connectivity index (χ4v) is 8.10. The fourth-order valence-electron chi connectivity index (χ4n) is 8.10. The fraction of sp³-hybridized carbons (Fsp3) is 0.909. The molecule has 0 aromatic heterocycles. The highest BCUT2D eigenvalue weighted by Gasteiger charge is 2.76. The minimum absolute atomic E-state index is 0.00645. The molecule has 0 aliphatic heterocycles. The number of carbonyl (C=O) groups is 2. The van der Waals surface area contributed by atoms with Crippen LogP contribution in [0.5, 0.6) is 0 Å². The lowest BCUT2D eigenvalue weighted by Gasteiger charge is -2.65. The van der Waals surface area contributed by atoms with Crippen molar-refractivity contribution in [3.05, 3.63) is 0 Å². The Hall–Kier alpha value is -0.850. The number of hydrogen-bond donors (Lipinski definition) is 3. The first-order valence-electron chi connectivity index (χ1n) is 10.7. The van der Waals surface area contributed by atoms with E-state index in [1.165, 1.54) is 0 Å². The van der Waals surface area contributed by atoms with Crippen molar-refractivity contribution in [1.82, 2.24) is 0 Å². The Morgan fingerprint density at radius 3 is 2.54 bits per heavy atom. The maximum absolute atomic E-state index is 17.0. The molecule has 0 radical (unpaired) electrons. The number of halogens is 1. The smallest absolute Gasteiger partial charge is 0.190 e. The first-order chi connectivity index (χ1) is 13.0. The summed E-state index contributed by atoms with van der Waals surface area (Å²) in [5.74, 6) is -1.63. The van der Waals surface area contributed by atoms with Gasteiger partial charge in [-0.2, -0.15) is 0 Å². The van der Waals surface area contributed by atoms with E-state index in [2.05, 4.69) is 0 Å². The molecule has 4 saturated carbocycles. The van der Waals surface area contributed by atoms with Gasteiger partial charge >= 0.3 is 0 Å². The molecule has 4 aliphatic carbocycles. The van der Waals surface area contributed by atoms with Crippen LogP contribution in [0.4, 0.5) is 4.39 Å². The summed E-state index contributed by atoms with van der Waals surface area (Å²) in [6, 6.07) is 0. The van der Waals surface area contributed by atoms with Gasteiger partial charge in [0.1, 0.15) is 23.7 Å². The highest BCUT2D eigenvalue weighted by molar-refractivity contribution is 5.90. The van der Waals surface area contributed by atoms with Gasteiger partial charge in [0.25, 0.3) is 0 Å². The molecule has 158 valence electrons. The number of Topliss-reactive ketones (excluding diaryl/α,β-unsaturated/α-hetero) is 2. The minimum Gasteiger partial charge on any atom is -0.390 e. The van der Waals surface area contributed by atoms with Crippen molar-refractivity contribution < 1.29 is 29.3 Å². The molecular formula is C22H33FO5. The van der Waals surface area contributed by atoms with Crippen molar-refractivity contribution in [1.29, 1.82) is 0 Å². The average molecular weight is 396 g/mol. The summed E-state index contributed by atoms with van der Waals surface area (Å²) in [5.41, 5.74) is -5.32. The second-order valence-electron chi connectivity index (χ2n) is 10.5. The Labute approximate surface area is 165 Å².